The number of H-pyrrole nitrogens is 1. The second-order valence-corrected chi connectivity index (χ2v) is 5.14. The zero-order valence-electron chi connectivity index (χ0n) is 10.8. The lowest BCUT2D eigenvalue weighted by atomic mass is 9.90. The summed E-state index contributed by atoms with van der Waals surface area (Å²) in [5.41, 5.74) is 2.72. The van der Waals surface area contributed by atoms with Crippen LogP contribution >= 0.6 is 0 Å². The fraction of sp³-hybridized carbons (Fsp3) is 0.333. The molecule has 0 fully saturated rings. The van der Waals surface area contributed by atoms with Crippen molar-refractivity contribution in [3.8, 4) is 0 Å². The fourth-order valence-electron chi connectivity index (χ4n) is 2.72. The van der Waals surface area contributed by atoms with E-state index in [0.29, 0.717) is 5.92 Å². The van der Waals surface area contributed by atoms with E-state index in [-0.39, 0.29) is 18.5 Å². The van der Waals surface area contributed by atoms with Gasteiger partial charge in [-0.1, -0.05) is 13.0 Å². The number of halogens is 1. The van der Waals surface area contributed by atoms with Crippen molar-refractivity contribution in [3.63, 3.8) is 0 Å². The first kappa shape index (κ1) is 12.4. The van der Waals surface area contributed by atoms with Gasteiger partial charge in [-0.3, -0.25) is 0 Å². The molecule has 0 saturated carbocycles. The van der Waals surface area contributed by atoms with E-state index in [1.807, 2.05) is 12.3 Å². The number of rotatable bonds is 2. The first-order chi connectivity index (χ1) is 9.19. The number of aliphatic hydroxyl groups is 1. The van der Waals surface area contributed by atoms with E-state index in [1.165, 1.54) is 12.1 Å². The van der Waals surface area contributed by atoms with Gasteiger partial charge in [-0.2, -0.15) is 0 Å². The van der Waals surface area contributed by atoms with Crippen molar-refractivity contribution >= 4 is 16.5 Å². The predicted molar refractivity (Wildman–Crippen MR) is 74.3 cm³/mol. The molecule has 1 aliphatic rings. The Morgan fingerprint density at radius 2 is 2.26 bits per heavy atom. The third-order valence-electron chi connectivity index (χ3n) is 3.64. The van der Waals surface area contributed by atoms with Crippen LogP contribution in [0, 0.1) is 11.7 Å². The van der Waals surface area contributed by atoms with Crippen LogP contribution in [0.4, 0.5) is 4.39 Å². The number of hydrogen-bond donors (Lipinski definition) is 3. The highest BCUT2D eigenvalue weighted by Crippen LogP contribution is 2.30. The third-order valence-corrected chi connectivity index (χ3v) is 3.64. The topological polar surface area (TPSA) is 48.0 Å². The van der Waals surface area contributed by atoms with Crippen LogP contribution in [0.3, 0.4) is 0 Å². The Hall–Kier alpha value is -1.65. The minimum absolute atomic E-state index is 0.0112. The van der Waals surface area contributed by atoms with Crippen LogP contribution in [0.25, 0.3) is 16.5 Å². The van der Waals surface area contributed by atoms with E-state index in [9.17, 15) is 9.50 Å². The molecule has 0 amide bonds. The molecule has 0 spiro atoms. The smallest absolute Gasteiger partial charge is 0.124 e. The first-order valence-corrected chi connectivity index (χ1v) is 6.52. The summed E-state index contributed by atoms with van der Waals surface area (Å²) in [6.07, 6.45) is 3.92. The van der Waals surface area contributed by atoms with Gasteiger partial charge in [-0.15, -0.1) is 0 Å². The molecule has 100 valence electrons. The molecular formula is C15H17FN2O. The quantitative estimate of drug-likeness (QED) is 0.776. The Morgan fingerprint density at radius 3 is 3.05 bits per heavy atom. The number of hydrogen-bond acceptors (Lipinski definition) is 2. The van der Waals surface area contributed by atoms with Crippen LogP contribution in [-0.2, 0) is 0 Å². The summed E-state index contributed by atoms with van der Waals surface area (Å²) in [6, 6.07) is 4.77. The zero-order valence-corrected chi connectivity index (χ0v) is 10.8. The van der Waals surface area contributed by atoms with Crippen molar-refractivity contribution in [2.75, 3.05) is 13.2 Å². The average molecular weight is 260 g/mol. The first-order valence-electron chi connectivity index (χ1n) is 6.52. The minimum atomic E-state index is -0.252. The molecule has 3 rings (SSSR count). The molecular weight excluding hydrogens is 243 g/mol. The molecule has 1 aromatic heterocycles. The summed E-state index contributed by atoms with van der Waals surface area (Å²) >= 11 is 0. The maximum absolute atomic E-state index is 13.7. The highest BCUT2D eigenvalue weighted by Gasteiger charge is 2.23. The van der Waals surface area contributed by atoms with Crippen molar-refractivity contribution < 1.29 is 9.50 Å². The number of aromatic nitrogens is 1. The van der Waals surface area contributed by atoms with Crippen molar-refractivity contribution in [2.45, 2.75) is 13.0 Å². The molecule has 2 unspecified atom stereocenters. The molecule has 3 N–H and O–H groups in total. The van der Waals surface area contributed by atoms with Gasteiger partial charge in [0.1, 0.15) is 5.82 Å². The molecule has 1 aliphatic heterocycles. The van der Waals surface area contributed by atoms with Crippen LogP contribution in [0.1, 0.15) is 12.5 Å². The number of benzene rings is 1. The molecule has 2 aromatic rings. The van der Waals surface area contributed by atoms with Gasteiger partial charge in [0.15, 0.2) is 0 Å². The summed E-state index contributed by atoms with van der Waals surface area (Å²) in [6.45, 7) is 2.95. The zero-order chi connectivity index (χ0) is 13.4. The van der Waals surface area contributed by atoms with Crippen LogP contribution < -0.4 is 5.32 Å². The van der Waals surface area contributed by atoms with Gasteiger partial charge >= 0.3 is 0 Å². The van der Waals surface area contributed by atoms with Gasteiger partial charge in [-0.25, -0.2) is 4.39 Å². The Labute approximate surface area is 111 Å². The highest BCUT2D eigenvalue weighted by atomic mass is 19.1. The number of nitrogens with one attached hydrogen (secondary N) is 2. The van der Waals surface area contributed by atoms with Gasteiger partial charge in [-0.05, 0) is 29.7 Å². The number of fused-ring (bicyclic) bond motifs is 1. The molecule has 2 atom stereocenters. The molecule has 2 heterocycles. The van der Waals surface area contributed by atoms with Gasteiger partial charge in [0.05, 0.1) is 18.2 Å². The standard InChI is InChI=1S/C15H17FN2O/c1-9-4-12(14(8-19)18-7-9)13-6-11(16)5-10-2-3-17-15(10)13/h2-6,9,14,17-19H,7-8H2,1H3. The number of aromatic amines is 1. The molecule has 3 nitrogen and oxygen atoms in total. The Balaban J connectivity index is 2.19. The van der Waals surface area contributed by atoms with Gasteiger partial charge in [0.2, 0.25) is 0 Å². The van der Waals surface area contributed by atoms with Crippen molar-refractivity contribution in [3.05, 3.63) is 41.9 Å². The molecule has 1 aromatic carbocycles. The van der Waals surface area contributed by atoms with Crippen molar-refractivity contribution in [1.82, 2.24) is 10.3 Å². The van der Waals surface area contributed by atoms with E-state index < -0.39 is 0 Å². The summed E-state index contributed by atoms with van der Waals surface area (Å²) < 4.78 is 13.7. The monoisotopic (exact) mass is 260 g/mol. The van der Waals surface area contributed by atoms with Gasteiger partial charge in [0.25, 0.3) is 0 Å². The van der Waals surface area contributed by atoms with Crippen molar-refractivity contribution in [2.24, 2.45) is 5.92 Å². The third kappa shape index (κ3) is 2.17. The summed E-state index contributed by atoms with van der Waals surface area (Å²) in [5.74, 6) is 0.115. The Bertz CT molecular complexity index is 632. The molecule has 0 bridgehead atoms. The average Bonchev–Trinajstić information content (AvgIpc) is 2.85. The summed E-state index contributed by atoms with van der Waals surface area (Å²) in [7, 11) is 0. The van der Waals surface area contributed by atoms with Gasteiger partial charge < -0.3 is 15.4 Å². The van der Waals surface area contributed by atoms with Crippen molar-refractivity contribution in [1.29, 1.82) is 0 Å². The summed E-state index contributed by atoms with van der Waals surface area (Å²) in [4.78, 5) is 3.16. The van der Waals surface area contributed by atoms with Crippen LogP contribution in [0.2, 0.25) is 0 Å². The molecule has 19 heavy (non-hydrogen) atoms. The second kappa shape index (κ2) is 4.79. The van der Waals surface area contributed by atoms with Crippen LogP contribution in [-0.4, -0.2) is 29.3 Å². The fourth-order valence-corrected chi connectivity index (χ4v) is 2.72. The van der Waals surface area contributed by atoms with E-state index in [2.05, 4.69) is 23.3 Å². The minimum Gasteiger partial charge on any atom is -0.394 e. The molecule has 4 heteroatoms. The SMILES string of the molecule is CC1C=C(c2cc(F)cc3cc[nH]c23)C(CO)NC1. The lowest BCUT2D eigenvalue weighted by molar-refractivity contribution is 0.262. The highest BCUT2D eigenvalue weighted by molar-refractivity contribution is 5.92. The maximum atomic E-state index is 13.7. The lowest BCUT2D eigenvalue weighted by Crippen LogP contribution is -2.40. The van der Waals surface area contributed by atoms with E-state index in [1.54, 1.807) is 0 Å². The molecule has 0 radical (unpaired) electrons. The number of aliphatic hydroxyl groups excluding tert-OH is 1. The second-order valence-electron chi connectivity index (χ2n) is 5.14. The predicted octanol–water partition coefficient (Wildman–Crippen LogP) is 2.29. The normalized spacial score (nSPS) is 23.6. The van der Waals surface area contributed by atoms with Crippen LogP contribution in [0.5, 0.6) is 0 Å². The Kier molecular flexibility index (Phi) is 3.12. The summed E-state index contributed by atoms with van der Waals surface area (Å²) in [5, 5.41) is 13.6. The van der Waals surface area contributed by atoms with Gasteiger partial charge in [0, 0.05) is 23.7 Å². The lowest BCUT2D eigenvalue weighted by Gasteiger charge is -2.28. The molecule has 0 saturated heterocycles. The van der Waals surface area contributed by atoms with E-state index in [0.717, 1.165) is 28.6 Å². The van der Waals surface area contributed by atoms with E-state index in [4.69, 9.17) is 0 Å². The largest absolute Gasteiger partial charge is 0.394 e. The van der Waals surface area contributed by atoms with E-state index >= 15 is 0 Å². The molecule has 0 aliphatic carbocycles. The Morgan fingerprint density at radius 1 is 1.42 bits per heavy atom. The maximum Gasteiger partial charge on any atom is 0.124 e. The van der Waals surface area contributed by atoms with Crippen LogP contribution in [0.15, 0.2) is 30.5 Å².